The third-order valence-electron chi connectivity index (χ3n) is 15.1. The topological polar surface area (TPSA) is 443 Å². The molecule has 27 nitrogen and oxygen atoms in total. The fourth-order valence-corrected chi connectivity index (χ4v) is 11.1. The van der Waals surface area contributed by atoms with Gasteiger partial charge in [0, 0.05) is 38.3 Å². The third-order valence-corrected chi connectivity index (χ3v) is 15.6. The molecule has 4 unspecified atom stereocenters. The fourth-order valence-electron chi connectivity index (χ4n) is 10.7. The van der Waals surface area contributed by atoms with E-state index in [1.54, 1.807) is 0 Å². The molecule has 0 saturated carbocycles. The normalized spacial score (nSPS) is 27.4. The fraction of sp³-hybridized carbons (Fsp3) is 0.736. The van der Waals surface area contributed by atoms with Crippen LogP contribution in [0.1, 0.15) is 149 Å². The number of phosphoric acid groups is 1. The van der Waals surface area contributed by atoms with Crippen molar-refractivity contribution in [2.24, 2.45) is 23.5 Å². The molecule has 0 aromatic heterocycles. The number of fused-ring (bicyclic) bond motifs is 2. The maximum Gasteiger partial charge on any atom is 1.00 e. The number of benzene rings is 1. The number of aliphatic hydroxyl groups is 7. The second-order valence-corrected chi connectivity index (χ2v) is 23.2. The maximum atomic E-state index is 14.5. The molecular weight excluding hydrogens is 1130 g/mol. The van der Waals surface area contributed by atoms with Gasteiger partial charge in [-0.05, 0) is 42.4 Å². The van der Waals surface area contributed by atoms with E-state index in [1.807, 2.05) is 0 Å². The molecule has 0 aliphatic carbocycles. The Morgan fingerprint density at radius 1 is 0.759 bits per heavy atom. The van der Waals surface area contributed by atoms with Gasteiger partial charge in [0.2, 0.25) is 47.3 Å². The Kier molecular flexibility index (Phi) is 33.5. The Morgan fingerprint density at radius 3 is 1.92 bits per heavy atom. The number of carbonyl (C=O) groups is 8. The summed E-state index contributed by atoms with van der Waals surface area (Å²) in [5, 5.41) is 89.4. The number of carbonyl (C=O) groups excluding carboxylic acids is 8. The van der Waals surface area contributed by atoms with Crippen molar-refractivity contribution in [3.8, 4) is 5.75 Å². The summed E-state index contributed by atoms with van der Waals surface area (Å²) in [6, 6.07) is -8.23. The number of nitrogens with zero attached hydrogens (tertiary/aromatic N) is 2. The van der Waals surface area contributed by atoms with Crippen molar-refractivity contribution >= 4 is 55.1 Å². The van der Waals surface area contributed by atoms with Crippen molar-refractivity contribution in [2.75, 3.05) is 19.7 Å². The summed E-state index contributed by atoms with van der Waals surface area (Å²) in [7, 11) is -5.58. The van der Waals surface area contributed by atoms with Gasteiger partial charge in [-0.3, -0.25) is 38.4 Å². The number of nitrogens with one attached hydrogen (secondary N) is 5. The Morgan fingerprint density at radius 2 is 1.34 bits per heavy atom. The number of rotatable bonds is 25. The smallest absolute Gasteiger partial charge is 0.780 e. The summed E-state index contributed by atoms with van der Waals surface area (Å²) in [6.45, 7) is 5.99. The third kappa shape index (κ3) is 24.0. The largest absolute Gasteiger partial charge is 1.00 e. The molecule has 0 radical (unpaired) electrons. The van der Waals surface area contributed by atoms with Gasteiger partial charge in [0.15, 0.2) is 6.23 Å². The zero-order valence-electron chi connectivity index (χ0n) is 48.6. The van der Waals surface area contributed by atoms with E-state index in [0.717, 1.165) is 61.3 Å². The average molecular weight is 1220 g/mol. The van der Waals surface area contributed by atoms with Gasteiger partial charge in [0.1, 0.15) is 62.0 Å². The van der Waals surface area contributed by atoms with E-state index in [9.17, 15) is 88.5 Å². The van der Waals surface area contributed by atoms with Gasteiger partial charge in [-0.25, -0.2) is 0 Å². The van der Waals surface area contributed by atoms with Crippen LogP contribution < -0.4 is 106 Å². The number of phosphoric ester groups is 1. The first-order valence-electron chi connectivity index (χ1n) is 28.1. The second-order valence-electron chi connectivity index (χ2n) is 22.1. The Labute approximate surface area is 528 Å². The van der Waals surface area contributed by atoms with Crippen LogP contribution in [-0.4, -0.2) is 179 Å². The van der Waals surface area contributed by atoms with Crippen molar-refractivity contribution in [3.05, 3.63) is 29.8 Å². The van der Waals surface area contributed by atoms with Gasteiger partial charge < -0.3 is 96.7 Å². The summed E-state index contributed by atoms with van der Waals surface area (Å²) in [4.78, 5) is 135. The first kappa shape index (κ1) is 75.7. The van der Waals surface area contributed by atoms with E-state index < -0.39 is 179 Å². The van der Waals surface area contributed by atoms with Crippen LogP contribution in [0, 0.1) is 17.8 Å². The van der Waals surface area contributed by atoms with Gasteiger partial charge in [-0.15, -0.1) is 0 Å². The van der Waals surface area contributed by atoms with Crippen molar-refractivity contribution in [1.82, 2.24) is 36.4 Å². The number of hydrogen-bond acceptors (Lipinski definition) is 19. The van der Waals surface area contributed by atoms with E-state index in [2.05, 4.69) is 51.9 Å². The summed E-state index contributed by atoms with van der Waals surface area (Å²) in [5.41, 5.74) is 5.05. The van der Waals surface area contributed by atoms with Crippen molar-refractivity contribution in [3.63, 3.8) is 0 Å². The van der Waals surface area contributed by atoms with Crippen molar-refractivity contribution in [1.29, 1.82) is 0 Å². The second kappa shape index (κ2) is 36.7. The van der Waals surface area contributed by atoms with E-state index in [1.165, 1.54) is 45.4 Å². The van der Waals surface area contributed by atoms with Crippen molar-refractivity contribution < 1.29 is 152 Å². The minimum absolute atomic E-state index is 0. The molecule has 3 fully saturated rings. The molecule has 1 aromatic rings. The quantitative estimate of drug-likeness (QED) is 0.0246. The van der Waals surface area contributed by atoms with E-state index in [-0.39, 0.29) is 71.1 Å². The number of primary amides is 1. The molecule has 3 aliphatic rings. The number of aliphatic hydroxyl groups excluding tert-OH is 7. The SMILES string of the molecule is CCCCCCC(C)CC(C)CCCCCCCCC(=O)N[C@@H]1C[C@@H](O)[C@@H](O)NC(=O)[C@@H]2[C@@H](O)[C@@H](C)CN2C(=O)[C@H](C(O)CC(N)=O)NC(=O)[C@H](C(O)c2ccc(OP(=O)([O-])[O-])cc2)NC(=O)[C@@H]2C[C@@H](O)CN2C(=O)[C@H](CO)NC1=O.[Na+].[Na+]. The van der Waals surface area contributed by atoms with Crippen molar-refractivity contribution in [2.45, 2.75) is 210 Å². The summed E-state index contributed by atoms with van der Waals surface area (Å²) >= 11 is 0. The molecule has 4 rings (SSSR count). The Bertz CT molecular complexity index is 2330. The van der Waals surface area contributed by atoms with Crippen LogP contribution in [0.25, 0.3) is 0 Å². The molecule has 0 bridgehead atoms. The van der Waals surface area contributed by atoms with Crippen LogP contribution in [0.2, 0.25) is 0 Å². The Hall–Kier alpha value is -3.35. The van der Waals surface area contributed by atoms with Crippen LogP contribution in [0.15, 0.2) is 24.3 Å². The van der Waals surface area contributed by atoms with Crippen LogP contribution in [-0.2, 0) is 42.9 Å². The number of unbranched alkanes of at least 4 members (excludes halogenated alkanes) is 8. The number of nitrogens with two attached hydrogens (primary N) is 1. The van der Waals surface area contributed by atoms with Crippen LogP contribution >= 0.6 is 7.82 Å². The minimum Gasteiger partial charge on any atom is -0.780 e. The molecule has 3 aliphatic heterocycles. The van der Waals surface area contributed by atoms with Crippen LogP contribution in [0.3, 0.4) is 0 Å². The zero-order chi connectivity index (χ0) is 60.3. The molecular formula is C53H85N8Na2O19P. The first-order chi connectivity index (χ1) is 38.1. The summed E-state index contributed by atoms with van der Waals surface area (Å²) in [5.74, 6) is -9.87. The molecule has 14 N–H and O–H groups in total. The number of amides is 8. The van der Waals surface area contributed by atoms with Crippen LogP contribution in [0.5, 0.6) is 5.75 Å². The molecule has 83 heavy (non-hydrogen) atoms. The van der Waals surface area contributed by atoms with Gasteiger partial charge in [0.05, 0.1) is 31.3 Å². The minimum atomic E-state index is -5.58. The predicted molar refractivity (Wildman–Crippen MR) is 284 cm³/mol. The number of hydrogen-bond donors (Lipinski definition) is 13. The van der Waals surface area contributed by atoms with E-state index >= 15 is 0 Å². The molecule has 3 saturated heterocycles. The summed E-state index contributed by atoms with van der Waals surface area (Å²) < 4.78 is 15.6. The monoisotopic (exact) mass is 1210 g/mol. The van der Waals surface area contributed by atoms with Gasteiger partial charge in [0.25, 0.3) is 0 Å². The first-order valence-corrected chi connectivity index (χ1v) is 29.5. The molecule has 8 amide bonds. The molecule has 1 aromatic carbocycles. The predicted octanol–water partition coefficient (Wildman–Crippen LogP) is -8.77. The zero-order valence-corrected chi connectivity index (χ0v) is 53.5. The standard InChI is InChI=1S/C53H87N8O19P.2Na/c1-5-6-7-12-15-29(2)22-30(3)16-13-10-8-9-11-14-17-41(67)55-35-24-39(65)49(72)59-51(74)44-45(68)31(4)26-61(44)53(76)42(38(64)25-40(54)66)57-50(73)43(46(69)32-18-20-34(21-19-32)80-81(77,78)79)58-48(71)37-23-33(63)27-60(37)52(75)36(28-62)56-47(35)70;;/h18-21,29-31,33,35-39,42-46,49,62-65,68-69,72H,5-17,22-28H2,1-4H3,(H2,54,66)(H,55,67)(H,56,70)(H,57,73)(H,58,71)(H,59,74)(H2,77,78,79);;/q;2*+1/p-2/t29?,30?,31-,33+,35+,36-,37-,38?,39+,42-,43-,44-,45-,46?,49+;;/m0../s1. The molecule has 15 atom stereocenters. The summed E-state index contributed by atoms with van der Waals surface area (Å²) in [6.07, 6.45) is -0.989. The van der Waals surface area contributed by atoms with E-state index in [0.29, 0.717) is 29.6 Å². The molecule has 3 heterocycles. The molecule has 30 heteroatoms. The molecule has 0 spiro atoms. The molecule has 458 valence electrons. The van der Waals surface area contributed by atoms with Crippen LogP contribution in [0.4, 0.5) is 0 Å². The van der Waals surface area contributed by atoms with Gasteiger partial charge >= 0.3 is 59.1 Å². The Balaban J connectivity index is 0.0000118. The van der Waals surface area contributed by atoms with Gasteiger partial charge in [-0.1, -0.05) is 110 Å². The average Bonchev–Trinajstić information content (AvgIpc) is 4.16. The maximum absolute atomic E-state index is 14.5. The van der Waals surface area contributed by atoms with Gasteiger partial charge in [-0.2, -0.15) is 0 Å². The van der Waals surface area contributed by atoms with E-state index in [4.69, 9.17) is 5.73 Å².